The average molecular weight is 369 g/mol. The van der Waals surface area contributed by atoms with Crippen LogP contribution in [0.5, 0.6) is 0 Å². The molecule has 1 saturated carbocycles. The van der Waals surface area contributed by atoms with Gasteiger partial charge in [-0.15, -0.1) is 0 Å². The maximum Gasteiger partial charge on any atom is 0.311 e. The number of fused-ring (bicyclic) bond motifs is 2. The fourth-order valence-corrected chi connectivity index (χ4v) is 5.54. The van der Waals surface area contributed by atoms with Gasteiger partial charge in [-0.2, -0.15) is 0 Å². The van der Waals surface area contributed by atoms with E-state index in [2.05, 4.69) is 42.9 Å². The van der Waals surface area contributed by atoms with Crippen LogP contribution in [0.4, 0.5) is 0 Å². The van der Waals surface area contributed by atoms with E-state index in [0.717, 1.165) is 31.6 Å². The summed E-state index contributed by atoms with van der Waals surface area (Å²) in [4.78, 5) is 19.3. The lowest BCUT2D eigenvalue weighted by atomic mass is 9.59. The molecule has 2 heterocycles. The molecule has 1 saturated heterocycles. The van der Waals surface area contributed by atoms with E-state index in [0.29, 0.717) is 5.92 Å². The van der Waals surface area contributed by atoms with E-state index in [1.165, 1.54) is 19.3 Å². The number of carbonyl (C=O) groups is 1. The topological polar surface area (TPSA) is 42.4 Å². The van der Waals surface area contributed by atoms with Crippen molar-refractivity contribution in [1.29, 1.82) is 0 Å². The first kappa shape index (κ1) is 18.7. The third-order valence-corrected chi connectivity index (χ3v) is 7.07. The Morgan fingerprint density at radius 1 is 1.37 bits per heavy atom. The summed E-state index contributed by atoms with van der Waals surface area (Å²) in [5.41, 5.74) is 2.93. The lowest BCUT2D eigenvalue weighted by Crippen LogP contribution is -2.40. The second kappa shape index (κ2) is 7.38. The summed E-state index contributed by atoms with van der Waals surface area (Å²) in [6.45, 7) is 6.41. The molecule has 1 unspecified atom stereocenters. The quantitative estimate of drug-likeness (QED) is 0.584. The van der Waals surface area contributed by atoms with Gasteiger partial charge in [-0.3, -0.25) is 9.78 Å². The Bertz CT molecular complexity index is 716. The number of aromatic nitrogens is 1. The highest BCUT2D eigenvalue weighted by molar-refractivity contribution is 5.76. The summed E-state index contributed by atoms with van der Waals surface area (Å²) >= 11 is 0. The molecule has 2 fully saturated rings. The Balaban J connectivity index is 1.44. The van der Waals surface area contributed by atoms with E-state index in [4.69, 9.17) is 4.74 Å². The molecule has 0 radical (unpaired) electrons. The Kier molecular flexibility index (Phi) is 5.11. The van der Waals surface area contributed by atoms with Crippen molar-refractivity contribution < 1.29 is 9.53 Å². The van der Waals surface area contributed by atoms with Gasteiger partial charge >= 0.3 is 5.97 Å². The van der Waals surface area contributed by atoms with Gasteiger partial charge in [0.25, 0.3) is 0 Å². The van der Waals surface area contributed by atoms with Crippen LogP contribution in [-0.4, -0.2) is 42.1 Å². The monoisotopic (exact) mass is 368 g/mol. The van der Waals surface area contributed by atoms with Crippen molar-refractivity contribution in [2.45, 2.75) is 52.1 Å². The molecule has 0 aromatic carbocycles. The van der Waals surface area contributed by atoms with Gasteiger partial charge in [0.2, 0.25) is 0 Å². The van der Waals surface area contributed by atoms with Gasteiger partial charge < -0.3 is 9.64 Å². The van der Waals surface area contributed by atoms with Gasteiger partial charge in [0.15, 0.2) is 0 Å². The largest absolute Gasteiger partial charge is 0.461 e. The first-order valence-corrected chi connectivity index (χ1v) is 10.5. The Morgan fingerprint density at radius 3 is 3.00 bits per heavy atom. The maximum atomic E-state index is 12.7. The lowest BCUT2D eigenvalue weighted by molar-refractivity contribution is -0.145. The highest BCUT2D eigenvalue weighted by Gasteiger charge is 2.51. The van der Waals surface area contributed by atoms with Crippen LogP contribution in [0.15, 0.2) is 36.0 Å². The molecule has 1 aliphatic heterocycles. The molecule has 146 valence electrons. The van der Waals surface area contributed by atoms with E-state index in [9.17, 15) is 4.79 Å². The minimum absolute atomic E-state index is 0.00133. The summed E-state index contributed by atoms with van der Waals surface area (Å²) < 4.78 is 5.87. The number of rotatable bonds is 5. The van der Waals surface area contributed by atoms with Gasteiger partial charge in [-0.1, -0.05) is 38.0 Å². The smallest absolute Gasteiger partial charge is 0.311 e. The van der Waals surface area contributed by atoms with Crippen LogP contribution in [0.2, 0.25) is 0 Å². The number of pyridine rings is 1. The lowest BCUT2D eigenvalue weighted by Gasteiger charge is -2.46. The standard InChI is InChI=1S/C23H32N2O2/c1-16-7-6-10-23(2)14-21-18(13-20(16)23)19(22(26)27-21)15-25(3)12-9-17-8-4-5-11-24-17/h4-5,8,11,13,16,18-19,21H,6-7,9-10,12,14-15H2,1-3H3/t16-,18+,19?,21+,23+/m0/s1. The Morgan fingerprint density at radius 2 is 2.22 bits per heavy atom. The number of esters is 1. The van der Waals surface area contributed by atoms with Crippen LogP contribution in [0, 0.1) is 23.2 Å². The predicted octanol–water partition coefficient (Wildman–Crippen LogP) is 3.87. The van der Waals surface area contributed by atoms with Crippen molar-refractivity contribution in [2.24, 2.45) is 23.2 Å². The van der Waals surface area contributed by atoms with Crippen molar-refractivity contribution in [1.82, 2.24) is 9.88 Å². The van der Waals surface area contributed by atoms with Crippen LogP contribution in [0.25, 0.3) is 0 Å². The van der Waals surface area contributed by atoms with Crippen LogP contribution in [0.3, 0.4) is 0 Å². The molecule has 0 spiro atoms. The van der Waals surface area contributed by atoms with Crippen molar-refractivity contribution in [2.75, 3.05) is 20.1 Å². The van der Waals surface area contributed by atoms with E-state index < -0.39 is 0 Å². The number of likely N-dealkylation sites (N-methyl/N-ethyl adjacent to an activating group) is 1. The van der Waals surface area contributed by atoms with Gasteiger partial charge in [0.05, 0.1) is 5.92 Å². The second-order valence-electron chi connectivity index (χ2n) is 9.17. The summed E-state index contributed by atoms with van der Waals surface area (Å²) in [5, 5.41) is 0. The minimum Gasteiger partial charge on any atom is -0.461 e. The van der Waals surface area contributed by atoms with Gasteiger partial charge in [-0.05, 0) is 49.8 Å². The molecular formula is C23H32N2O2. The molecule has 0 N–H and O–H groups in total. The van der Waals surface area contributed by atoms with Crippen molar-refractivity contribution >= 4 is 5.97 Å². The van der Waals surface area contributed by atoms with Crippen LogP contribution >= 0.6 is 0 Å². The molecule has 0 amide bonds. The maximum absolute atomic E-state index is 12.7. The van der Waals surface area contributed by atoms with Gasteiger partial charge in [0.1, 0.15) is 6.10 Å². The van der Waals surface area contributed by atoms with E-state index in [1.54, 1.807) is 5.57 Å². The summed E-state index contributed by atoms with van der Waals surface area (Å²) in [5.74, 6) is 0.859. The number of allylic oxidation sites excluding steroid dienone is 1. The normalized spacial score (nSPS) is 35.4. The molecule has 1 aromatic rings. The highest BCUT2D eigenvalue weighted by Crippen LogP contribution is 2.53. The Labute approximate surface area is 163 Å². The van der Waals surface area contributed by atoms with E-state index in [-0.39, 0.29) is 29.3 Å². The molecule has 4 rings (SSSR count). The zero-order valence-corrected chi connectivity index (χ0v) is 16.9. The predicted molar refractivity (Wildman–Crippen MR) is 106 cm³/mol. The highest BCUT2D eigenvalue weighted by atomic mass is 16.6. The molecular weight excluding hydrogens is 336 g/mol. The van der Waals surface area contributed by atoms with Gasteiger partial charge in [-0.25, -0.2) is 0 Å². The van der Waals surface area contributed by atoms with Crippen molar-refractivity contribution in [3.8, 4) is 0 Å². The summed E-state index contributed by atoms with van der Waals surface area (Å²) in [6, 6.07) is 6.03. The van der Waals surface area contributed by atoms with E-state index in [1.807, 2.05) is 18.3 Å². The Hall–Kier alpha value is -1.68. The molecule has 3 aliphatic rings. The summed E-state index contributed by atoms with van der Waals surface area (Å²) in [7, 11) is 2.10. The van der Waals surface area contributed by atoms with Crippen LogP contribution in [-0.2, 0) is 16.0 Å². The zero-order chi connectivity index (χ0) is 19.0. The number of ether oxygens (including phenoxy) is 1. The van der Waals surface area contributed by atoms with Crippen molar-refractivity contribution in [3.63, 3.8) is 0 Å². The van der Waals surface area contributed by atoms with Crippen LogP contribution in [0.1, 0.15) is 45.2 Å². The third kappa shape index (κ3) is 3.69. The number of hydrogen-bond donors (Lipinski definition) is 0. The zero-order valence-electron chi connectivity index (χ0n) is 16.9. The minimum atomic E-state index is -0.0325. The number of carbonyl (C=O) groups excluding carboxylic acids is 1. The van der Waals surface area contributed by atoms with Crippen LogP contribution < -0.4 is 0 Å². The molecule has 27 heavy (non-hydrogen) atoms. The van der Waals surface area contributed by atoms with Crippen molar-refractivity contribution in [3.05, 3.63) is 41.7 Å². The van der Waals surface area contributed by atoms with E-state index >= 15 is 0 Å². The second-order valence-corrected chi connectivity index (χ2v) is 9.17. The fourth-order valence-electron chi connectivity index (χ4n) is 5.54. The first-order chi connectivity index (χ1) is 13.0. The molecule has 5 atom stereocenters. The number of nitrogens with zero attached hydrogens (tertiary/aromatic N) is 2. The molecule has 2 aliphatic carbocycles. The average Bonchev–Trinajstić information content (AvgIpc) is 2.93. The van der Waals surface area contributed by atoms with Gasteiger partial charge in [0, 0.05) is 37.3 Å². The first-order valence-electron chi connectivity index (χ1n) is 10.5. The number of hydrogen-bond acceptors (Lipinski definition) is 4. The molecule has 1 aromatic heterocycles. The summed E-state index contributed by atoms with van der Waals surface area (Å²) in [6.07, 6.45) is 10.1. The SMILES string of the molecule is C[C@H]1CCC[C@]2(C)C[C@H]3OC(=O)C(CN(C)CCc4ccccn4)[C@H]3C=C12. The molecule has 4 nitrogen and oxygen atoms in total. The molecule has 4 heteroatoms. The molecule has 0 bridgehead atoms. The fraction of sp³-hybridized carbons (Fsp3) is 0.652. The third-order valence-electron chi connectivity index (χ3n) is 7.07.